The monoisotopic (exact) mass is 196 g/mol. The van der Waals surface area contributed by atoms with Crippen LogP contribution in [0.5, 0.6) is 0 Å². The zero-order valence-electron chi connectivity index (χ0n) is 8.58. The SMILES string of the molecule is CC(C)C(=O)NCCCc1ncn[nH]1. The molecule has 1 aromatic rings. The lowest BCUT2D eigenvalue weighted by atomic mass is 10.2. The number of rotatable bonds is 5. The average Bonchev–Trinajstić information content (AvgIpc) is 2.64. The summed E-state index contributed by atoms with van der Waals surface area (Å²) >= 11 is 0. The van der Waals surface area contributed by atoms with E-state index in [0.717, 1.165) is 18.7 Å². The molecule has 0 aliphatic heterocycles. The third kappa shape index (κ3) is 3.55. The average molecular weight is 196 g/mol. The van der Waals surface area contributed by atoms with Crippen LogP contribution in [-0.4, -0.2) is 27.6 Å². The molecule has 0 saturated heterocycles. The number of H-pyrrole nitrogens is 1. The Kier molecular flexibility index (Phi) is 4.10. The van der Waals surface area contributed by atoms with E-state index in [2.05, 4.69) is 20.5 Å². The number of aromatic amines is 1. The van der Waals surface area contributed by atoms with Gasteiger partial charge in [-0.05, 0) is 6.42 Å². The molecular weight excluding hydrogens is 180 g/mol. The lowest BCUT2D eigenvalue weighted by Crippen LogP contribution is -2.28. The van der Waals surface area contributed by atoms with Gasteiger partial charge < -0.3 is 5.32 Å². The molecule has 0 atom stereocenters. The third-order valence-electron chi connectivity index (χ3n) is 1.88. The first-order valence-corrected chi connectivity index (χ1v) is 4.82. The summed E-state index contributed by atoms with van der Waals surface area (Å²) in [6, 6.07) is 0. The van der Waals surface area contributed by atoms with Crippen LogP contribution in [0.25, 0.3) is 0 Å². The van der Waals surface area contributed by atoms with Crippen LogP contribution in [0.2, 0.25) is 0 Å². The molecule has 5 heteroatoms. The van der Waals surface area contributed by atoms with Gasteiger partial charge >= 0.3 is 0 Å². The highest BCUT2D eigenvalue weighted by atomic mass is 16.1. The second-order valence-corrected chi connectivity index (χ2v) is 3.48. The molecule has 1 rings (SSSR count). The summed E-state index contributed by atoms with van der Waals surface area (Å²) in [7, 11) is 0. The zero-order valence-corrected chi connectivity index (χ0v) is 8.58. The molecule has 0 fully saturated rings. The van der Waals surface area contributed by atoms with Crippen LogP contribution in [0, 0.1) is 5.92 Å². The summed E-state index contributed by atoms with van der Waals surface area (Å²) in [5.41, 5.74) is 0. The van der Waals surface area contributed by atoms with Gasteiger partial charge in [0.05, 0.1) is 0 Å². The Morgan fingerprint density at radius 1 is 1.64 bits per heavy atom. The molecule has 5 nitrogen and oxygen atoms in total. The molecule has 14 heavy (non-hydrogen) atoms. The number of carbonyl (C=O) groups excluding carboxylic acids is 1. The van der Waals surface area contributed by atoms with Crippen molar-refractivity contribution >= 4 is 5.91 Å². The van der Waals surface area contributed by atoms with Crippen LogP contribution in [0.15, 0.2) is 6.33 Å². The van der Waals surface area contributed by atoms with E-state index in [-0.39, 0.29) is 11.8 Å². The normalized spacial score (nSPS) is 10.5. The first kappa shape index (κ1) is 10.7. The standard InChI is InChI=1S/C9H16N4O/c1-7(2)9(14)10-5-3-4-8-11-6-12-13-8/h6-7H,3-5H2,1-2H3,(H,10,14)(H,11,12,13). The van der Waals surface area contributed by atoms with Crippen molar-refractivity contribution in [2.75, 3.05) is 6.54 Å². The first-order valence-electron chi connectivity index (χ1n) is 4.82. The van der Waals surface area contributed by atoms with Crippen LogP contribution >= 0.6 is 0 Å². The summed E-state index contributed by atoms with van der Waals surface area (Å²) < 4.78 is 0. The van der Waals surface area contributed by atoms with Gasteiger partial charge in [0.25, 0.3) is 0 Å². The Hall–Kier alpha value is -1.39. The number of amides is 1. The van der Waals surface area contributed by atoms with Crippen molar-refractivity contribution < 1.29 is 4.79 Å². The number of aryl methyl sites for hydroxylation is 1. The first-order chi connectivity index (χ1) is 6.70. The third-order valence-corrected chi connectivity index (χ3v) is 1.88. The van der Waals surface area contributed by atoms with E-state index in [1.807, 2.05) is 13.8 Å². The number of hydrogen-bond acceptors (Lipinski definition) is 3. The maximum Gasteiger partial charge on any atom is 0.222 e. The molecule has 0 radical (unpaired) electrons. The summed E-state index contributed by atoms with van der Waals surface area (Å²) in [6.45, 7) is 4.45. The molecule has 0 aliphatic carbocycles. The lowest BCUT2D eigenvalue weighted by molar-refractivity contribution is -0.123. The highest BCUT2D eigenvalue weighted by Crippen LogP contribution is 1.93. The second-order valence-electron chi connectivity index (χ2n) is 3.48. The predicted octanol–water partition coefficient (Wildman–Crippen LogP) is 0.509. The number of hydrogen-bond donors (Lipinski definition) is 2. The fourth-order valence-corrected chi connectivity index (χ4v) is 1.02. The van der Waals surface area contributed by atoms with Crippen molar-refractivity contribution in [3.63, 3.8) is 0 Å². The van der Waals surface area contributed by atoms with Gasteiger partial charge in [-0.25, -0.2) is 4.98 Å². The van der Waals surface area contributed by atoms with Crippen molar-refractivity contribution in [1.82, 2.24) is 20.5 Å². The van der Waals surface area contributed by atoms with Crippen LogP contribution < -0.4 is 5.32 Å². The molecule has 0 aromatic carbocycles. The Morgan fingerprint density at radius 2 is 2.43 bits per heavy atom. The minimum atomic E-state index is 0.0558. The minimum absolute atomic E-state index is 0.0558. The summed E-state index contributed by atoms with van der Waals surface area (Å²) in [5, 5.41) is 9.36. The van der Waals surface area contributed by atoms with Crippen LogP contribution in [-0.2, 0) is 11.2 Å². The van der Waals surface area contributed by atoms with Gasteiger partial charge in [-0.2, -0.15) is 5.10 Å². The summed E-state index contributed by atoms with van der Waals surface area (Å²) in [4.78, 5) is 15.1. The minimum Gasteiger partial charge on any atom is -0.356 e. The molecule has 0 aliphatic rings. The number of nitrogens with one attached hydrogen (secondary N) is 2. The molecule has 0 bridgehead atoms. The van der Waals surface area contributed by atoms with E-state index in [4.69, 9.17) is 0 Å². The Morgan fingerprint density at radius 3 is 3.00 bits per heavy atom. The molecule has 1 heterocycles. The number of aromatic nitrogens is 3. The molecule has 1 amide bonds. The van der Waals surface area contributed by atoms with E-state index in [1.165, 1.54) is 6.33 Å². The van der Waals surface area contributed by atoms with Gasteiger partial charge in [0.1, 0.15) is 12.2 Å². The summed E-state index contributed by atoms with van der Waals surface area (Å²) in [6.07, 6.45) is 3.19. The Balaban J connectivity index is 2.08. The highest BCUT2D eigenvalue weighted by molar-refractivity contribution is 5.77. The lowest BCUT2D eigenvalue weighted by Gasteiger charge is -2.06. The van der Waals surface area contributed by atoms with E-state index in [0.29, 0.717) is 6.54 Å². The fourth-order valence-electron chi connectivity index (χ4n) is 1.02. The van der Waals surface area contributed by atoms with Crippen LogP contribution in [0.4, 0.5) is 0 Å². The van der Waals surface area contributed by atoms with E-state index in [1.54, 1.807) is 0 Å². The molecule has 0 spiro atoms. The molecular formula is C9H16N4O. The van der Waals surface area contributed by atoms with E-state index >= 15 is 0 Å². The molecule has 0 saturated carbocycles. The van der Waals surface area contributed by atoms with Gasteiger partial charge in [-0.3, -0.25) is 9.89 Å². The Labute approximate surface area is 83.3 Å². The van der Waals surface area contributed by atoms with E-state index < -0.39 is 0 Å². The van der Waals surface area contributed by atoms with Gasteiger partial charge in [-0.1, -0.05) is 13.8 Å². The van der Waals surface area contributed by atoms with Crippen molar-refractivity contribution in [3.8, 4) is 0 Å². The van der Waals surface area contributed by atoms with Crippen LogP contribution in [0.3, 0.4) is 0 Å². The van der Waals surface area contributed by atoms with Gasteiger partial charge in [-0.15, -0.1) is 0 Å². The number of carbonyl (C=O) groups is 1. The zero-order chi connectivity index (χ0) is 10.4. The second kappa shape index (κ2) is 5.36. The topological polar surface area (TPSA) is 70.7 Å². The largest absolute Gasteiger partial charge is 0.356 e. The van der Waals surface area contributed by atoms with Gasteiger partial charge in [0, 0.05) is 18.9 Å². The quantitative estimate of drug-likeness (QED) is 0.674. The van der Waals surface area contributed by atoms with Crippen LogP contribution in [0.1, 0.15) is 26.1 Å². The highest BCUT2D eigenvalue weighted by Gasteiger charge is 2.04. The maximum absolute atomic E-state index is 11.2. The van der Waals surface area contributed by atoms with Crippen molar-refractivity contribution in [2.24, 2.45) is 5.92 Å². The number of nitrogens with zero attached hydrogens (tertiary/aromatic N) is 2. The smallest absolute Gasteiger partial charge is 0.222 e. The maximum atomic E-state index is 11.2. The van der Waals surface area contributed by atoms with E-state index in [9.17, 15) is 4.79 Å². The van der Waals surface area contributed by atoms with Crippen molar-refractivity contribution in [1.29, 1.82) is 0 Å². The molecule has 2 N–H and O–H groups in total. The predicted molar refractivity (Wildman–Crippen MR) is 52.6 cm³/mol. The van der Waals surface area contributed by atoms with Crippen molar-refractivity contribution in [3.05, 3.63) is 12.2 Å². The molecule has 0 unspecified atom stereocenters. The van der Waals surface area contributed by atoms with Gasteiger partial charge in [0.15, 0.2) is 0 Å². The fraction of sp³-hybridized carbons (Fsp3) is 0.667. The summed E-state index contributed by atoms with van der Waals surface area (Å²) in [5.74, 6) is 1.02. The van der Waals surface area contributed by atoms with Crippen molar-refractivity contribution in [2.45, 2.75) is 26.7 Å². The molecule has 1 aromatic heterocycles. The molecule has 78 valence electrons. The Bertz CT molecular complexity index is 268. The van der Waals surface area contributed by atoms with Gasteiger partial charge in [0.2, 0.25) is 5.91 Å².